The van der Waals surface area contributed by atoms with Crippen molar-refractivity contribution in [2.24, 2.45) is 0 Å². The van der Waals surface area contributed by atoms with Gasteiger partial charge in [-0.1, -0.05) is 84.9 Å². The van der Waals surface area contributed by atoms with Crippen molar-refractivity contribution in [3.05, 3.63) is 115 Å². The monoisotopic (exact) mass is 442 g/mol. The van der Waals surface area contributed by atoms with E-state index in [0.717, 1.165) is 15.4 Å². The van der Waals surface area contributed by atoms with E-state index in [9.17, 15) is 13.2 Å². The van der Waals surface area contributed by atoms with Crippen LogP contribution in [0.2, 0.25) is 0 Å². The van der Waals surface area contributed by atoms with Crippen LogP contribution in [0.5, 0.6) is 0 Å². The summed E-state index contributed by atoms with van der Waals surface area (Å²) >= 11 is 0. The van der Waals surface area contributed by atoms with Crippen LogP contribution in [-0.4, -0.2) is 20.9 Å². The Kier molecular flexibility index (Phi) is 6.33. The molecule has 0 heterocycles. The number of rotatable bonds is 7. The van der Waals surface area contributed by atoms with E-state index in [2.05, 4.69) is 5.32 Å². The van der Waals surface area contributed by atoms with Gasteiger partial charge >= 0.3 is 0 Å². The van der Waals surface area contributed by atoms with E-state index in [1.54, 1.807) is 54.6 Å². The van der Waals surface area contributed by atoms with Gasteiger partial charge < -0.3 is 5.32 Å². The molecule has 5 nitrogen and oxygen atoms in total. The summed E-state index contributed by atoms with van der Waals surface area (Å²) in [6.07, 6.45) is 0. The SMILES string of the molecule is O=C(CN(c1ccccc1)S(=O)(=O)c1ccccc1)Nc1ccccc1-c1ccccc1. The zero-order valence-electron chi connectivity index (χ0n) is 17.3. The van der Waals surface area contributed by atoms with E-state index in [-0.39, 0.29) is 11.4 Å². The molecule has 0 spiro atoms. The Bertz CT molecular complexity index is 1290. The van der Waals surface area contributed by atoms with Crippen LogP contribution in [-0.2, 0) is 14.8 Å². The van der Waals surface area contributed by atoms with E-state index < -0.39 is 15.9 Å². The third-order valence-electron chi connectivity index (χ3n) is 4.95. The van der Waals surface area contributed by atoms with Crippen molar-refractivity contribution in [2.75, 3.05) is 16.2 Å². The highest BCUT2D eigenvalue weighted by Crippen LogP contribution is 2.28. The topological polar surface area (TPSA) is 66.5 Å². The molecule has 1 N–H and O–H groups in total. The molecule has 160 valence electrons. The van der Waals surface area contributed by atoms with Crippen molar-refractivity contribution in [1.82, 2.24) is 0 Å². The van der Waals surface area contributed by atoms with Gasteiger partial charge in [0, 0.05) is 11.3 Å². The Labute approximate surface area is 188 Å². The molecule has 0 fully saturated rings. The van der Waals surface area contributed by atoms with Gasteiger partial charge in [0.15, 0.2) is 0 Å². The zero-order chi connectivity index (χ0) is 22.4. The lowest BCUT2D eigenvalue weighted by Crippen LogP contribution is -2.38. The van der Waals surface area contributed by atoms with E-state index in [4.69, 9.17) is 0 Å². The van der Waals surface area contributed by atoms with Crippen molar-refractivity contribution in [2.45, 2.75) is 4.90 Å². The molecule has 1 amide bonds. The van der Waals surface area contributed by atoms with Crippen LogP contribution in [0.3, 0.4) is 0 Å². The second-order valence-corrected chi connectivity index (χ2v) is 8.98. The van der Waals surface area contributed by atoms with Crippen LogP contribution in [0.15, 0.2) is 120 Å². The predicted octanol–water partition coefficient (Wildman–Crippen LogP) is 5.19. The summed E-state index contributed by atoms with van der Waals surface area (Å²) in [5.41, 5.74) is 2.86. The maximum atomic E-state index is 13.4. The first-order chi connectivity index (χ1) is 15.6. The van der Waals surface area contributed by atoms with E-state index in [0.29, 0.717) is 11.4 Å². The molecule has 0 aliphatic carbocycles. The third-order valence-corrected chi connectivity index (χ3v) is 6.74. The number of benzene rings is 4. The first kappa shape index (κ1) is 21.3. The van der Waals surface area contributed by atoms with Crippen molar-refractivity contribution in [3.8, 4) is 11.1 Å². The van der Waals surface area contributed by atoms with Gasteiger partial charge in [0.1, 0.15) is 6.54 Å². The molecule has 0 aromatic heterocycles. The molecule has 0 saturated carbocycles. The minimum Gasteiger partial charge on any atom is -0.324 e. The summed E-state index contributed by atoms with van der Waals surface area (Å²) < 4.78 is 27.8. The van der Waals surface area contributed by atoms with Crippen LogP contribution in [0.4, 0.5) is 11.4 Å². The van der Waals surface area contributed by atoms with Gasteiger partial charge in [-0.3, -0.25) is 9.10 Å². The lowest BCUT2D eigenvalue weighted by Gasteiger charge is -2.24. The average molecular weight is 443 g/mol. The molecular formula is C26H22N2O3S. The molecule has 0 saturated heterocycles. The van der Waals surface area contributed by atoms with Gasteiger partial charge in [0.05, 0.1) is 10.6 Å². The van der Waals surface area contributed by atoms with Gasteiger partial charge in [-0.25, -0.2) is 8.42 Å². The quantitative estimate of drug-likeness (QED) is 0.428. The summed E-state index contributed by atoms with van der Waals surface area (Å²) in [6.45, 7) is -0.357. The van der Waals surface area contributed by atoms with Gasteiger partial charge in [-0.2, -0.15) is 0 Å². The second kappa shape index (κ2) is 9.49. The first-order valence-electron chi connectivity index (χ1n) is 10.1. The molecule has 0 unspecified atom stereocenters. The highest BCUT2D eigenvalue weighted by molar-refractivity contribution is 7.92. The molecule has 0 radical (unpaired) electrons. The van der Waals surface area contributed by atoms with Crippen LogP contribution in [0.1, 0.15) is 0 Å². The largest absolute Gasteiger partial charge is 0.324 e. The standard InChI is InChI=1S/C26H22N2O3S/c29-26(27-25-19-11-10-18-24(25)21-12-4-1-5-13-21)20-28(22-14-6-2-7-15-22)32(30,31)23-16-8-3-9-17-23/h1-19H,20H2,(H,27,29). The zero-order valence-corrected chi connectivity index (χ0v) is 18.1. The summed E-state index contributed by atoms with van der Waals surface area (Å²) in [6, 6.07) is 33.9. The molecule has 0 aliphatic rings. The number of hydrogen-bond donors (Lipinski definition) is 1. The fourth-order valence-electron chi connectivity index (χ4n) is 3.41. The lowest BCUT2D eigenvalue weighted by atomic mass is 10.0. The Morgan fingerprint density at radius 3 is 1.88 bits per heavy atom. The molecule has 0 bridgehead atoms. The Hall–Kier alpha value is -3.90. The van der Waals surface area contributed by atoms with Crippen molar-refractivity contribution in [3.63, 3.8) is 0 Å². The van der Waals surface area contributed by atoms with Crippen molar-refractivity contribution in [1.29, 1.82) is 0 Å². The number of hydrogen-bond acceptors (Lipinski definition) is 3. The molecule has 4 rings (SSSR count). The Balaban J connectivity index is 1.64. The van der Waals surface area contributed by atoms with Crippen LogP contribution in [0, 0.1) is 0 Å². The summed E-state index contributed by atoms with van der Waals surface area (Å²) in [5, 5.41) is 2.89. The Morgan fingerprint density at radius 2 is 1.22 bits per heavy atom. The molecule has 0 atom stereocenters. The summed E-state index contributed by atoms with van der Waals surface area (Å²) in [7, 11) is -3.93. The minimum absolute atomic E-state index is 0.126. The normalized spacial score (nSPS) is 11.0. The number of anilines is 2. The smallest absolute Gasteiger partial charge is 0.264 e. The number of carbonyl (C=O) groups is 1. The van der Waals surface area contributed by atoms with E-state index in [1.165, 1.54) is 12.1 Å². The van der Waals surface area contributed by atoms with Crippen LogP contribution in [0.25, 0.3) is 11.1 Å². The fourth-order valence-corrected chi connectivity index (χ4v) is 4.85. The van der Waals surface area contributed by atoms with E-state index >= 15 is 0 Å². The lowest BCUT2D eigenvalue weighted by molar-refractivity contribution is -0.114. The number of sulfonamides is 1. The maximum Gasteiger partial charge on any atom is 0.264 e. The Morgan fingerprint density at radius 1 is 0.688 bits per heavy atom. The van der Waals surface area contributed by atoms with Gasteiger partial charge in [0.2, 0.25) is 5.91 Å². The molecule has 4 aromatic rings. The number of nitrogens with zero attached hydrogens (tertiary/aromatic N) is 1. The highest BCUT2D eigenvalue weighted by Gasteiger charge is 2.27. The molecule has 32 heavy (non-hydrogen) atoms. The number of amides is 1. The number of nitrogens with one attached hydrogen (secondary N) is 1. The molecule has 0 aliphatic heterocycles. The van der Waals surface area contributed by atoms with Crippen molar-refractivity contribution < 1.29 is 13.2 Å². The number of para-hydroxylation sites is 2. The summed E-state index contributed by atoms with van der Waals surface area (Å²) in [4.78, 5) is 13.2. The van der Waals surface area contributed by atoms with Crippen LogP contribution < -0.4 is 9.62 Å². The molecular weight excluding hydrogens is 420 g/mol. The van der Waals surface area contributed by atoms with E-state index in [1.807, 2.05) is 48.5 Å². The minimum atomic E-state index is -3.93. The number of carbonyl (C=O) groups excluding carboxylic acids is 1. The predicted molar refractivity (Wildman–Crippen MR) is 128 cm³/mol. The van der Waals surface area contributed by atoms with Crippen LogP contribution >= 0.6 is 0 Å². The van der Waals surface area contributed by atoms with Gasteiger partial charge in [0.25, 0.3) is 10.0 Å². The maximum absolute atomic E-state index is 13.4. The fraction of sp³-hybridized carbons (Fsp3) is 0.0385. The second-order valence-electron chi connectivity index (χ2n) is 7.12. The average Bonchev–Trinajstić information content (AvgIpc) is 2.84. The molecule has 6 heteroatoms. The molecule has 4 aromatic carbocycles. The van der Waals surface area contributed by atoms with Gasteiger partial charge in [-0.15, -0.1) is 0 Å². The highest BCUT2D eigenvalue weighted by atomic mass is 32.2. The third kappa shape index (κ3) is 4.71. The summed E-state index contributed by atoms with van der Waals surface area (Å²) in [5.74, 6) is -0.434. The van der Waals surface area contributed by atoms with Crippen molar-refractivity contribution >= 4 is 27.3 Å². The first-order valence-corrected chi connectivity index (χ1v) is 11.6. The van der Waals surface area contributed by atoms with Gasteiger partial charge in [-0.05, 0) is 35.9 Å².